The Balaban J connectivity index is 3.69. The van der Waals surface area contributed by atoms with Gasteiger partial charge in [-0.15, -0.1) is 18.2 Å². The van der Waals surface area contributed by atoms with Gasteiger partial charge in [0.1, 0.15) is 0 Å². The number of carboxylic acids is 1. The second-order valence-corrected chi connectivity index (χ2v) is 3.78. The Hall–Kier alpha value is -1.94. The molecule has 0 bridgehead atoms. The summed E-state index contributed by atoms with van der Waals surface area (Å²) in [5.41, 5.74) is 0. The van der Waals surface area contributed by atoms with Crippen LogP contribution < -0.4 is 10.6 Å². The van der Waals surface area contributed by atoms with E-state index in [-0.39, 0.29) is 0 Å². The van der Waals surface area contributed by atoms with Crippen LogP contribution in [0.3, 0.4) is 0 Å². The first-order chi connectivity index (χ1) is 8.06. The number of carbonyl (C=O) groups is 3. The summed E-state index contributed by atoms with van der Waals surface area (Å²) in [6, 6.07) is -0.675. The number of carbonyl (C=O) groups excluding carboxylic acids is 2. The van der Waals surface area contributed by atoms with E-state index in [2.05, 4.69) is 11.2 Å². The molecule has 3 N–H and O–H groups in total. The maximum Gasteiger partial charge on any atom is 0.328 e. The molecule has 0 unspecified atom stereocenters. The van der Waals surface area contributed by atoms with E-state index < -0.39 is 17.9 Å². The van der Waals surface area contributed by atoms with E-state index in [1.165, 1.54) is 11.8 Å². The Bertz CT molecular complexity index is 360. The minimum absolute atomic E-state index is 0.369. The van der Waals surface area contributed by atoms with E-state index in [0.717, 1.165) is 6.08 Å². The first kappa shape index (κ1) is 15.1. The third-order valence-corrected chi connectivity index (χ3v) is 2.19. The van der Waals surface area contributed by atoms with Crippen molar-refractivity contribution in [3.8, 4) is 12.3 Å². The summed E-state index contributed by atoms with van der Waals surface area (Å²) < 4.78 is 0. The Labute approximate surface area is 103 Å². The molecule has 3 amide bonds. The number of terminal acetylenes is 1. The maximum absolute atomic E-state index is 11.1. The van der Waals surface area contributed by atoms with Crippen LogP contribution in [0.25, 0.3) is 0 Å². The van der Waals surface area contributed by atoms with Crippen molar-refractivity contribution < 1.29 is 19.5 Å². The molecule has 0 atom stereocenters. The van der Waals surface area contributed by atoms with Gasteiger partial charge in [-0.3, -0.25) is 10.1 Å². The highest BCUT2D eigenvalue weighted by molar-refractivity contribution is 7.99. The molecule has 0 rings (SSSR count). The number of hydrogen-bond donors (Lipinski definition) is 3. The molecular weight excluding hydrogens is 244 g/mol. The highest BCUT2D eigenvalue weighted by Gasteiger charge is 2.03. The van der Waals surface area contributed by atoms with Gasteiger partial charge in [0, 0.05) is 24.4 Å². The number of amides is 3. The third-order valence-electron chi connectivity index (χ3n) is 1.33. The Kier molecular flexibility index (Phi) is 8.24. The zero-order chi connectivity index (χ0) is 13.1. The van der Waals surface area contributed by atoms with Crippen molar-refractivity contribution in [2.75, 3.05) is 18.1 Å². The van der Waals surface area contributed by atoms with Gasteiger partial charge in [-0.1, -0.05) is 5.92 Å². The highest BCUT2D eigenvalue weighted by atomic mass is 32.2. The monoisotopic (exact) mass is 256 g/mol. The van der Waals surface area contributed by atoms with Gasteiger partial charge in [0.25, 0.3) is 5.91 Å². The molecule has 0 aliphatic carbocycles. The zero-order valence-corrected chi connectivity index (χ0v) is 9.75. The van der Waals surface area contributed by atoms with Crippen LogP contribution >= 0.6 is 11.8 Å². The van der Waals surface area contributed by atoms with Gasteiger partial charge >= 0.3 is 12.0 Å². The van der Waals surface area contributed by atoms with E-state index in [1.54, 1.807) is 0 Å². The SMILES string of the molecule is C#CCSCCNC(=O)NC(=O)/C=C/C(=O)O. The lowest BCUT2D eigenvalue weighted by atomic mass is 10.5. The molecule has 0 saturated heterocycles. The molecule has 0 saturated carbocycles. The Morgan fingerprint density at radius 3 is 2.65 bits per heavy atom. The van der Waals surface area contributed by atoms with Gasteiger partial charge in [0.15, 0.2) is 0 Å². The quantitative estimate of drug-likeness (QED) is 0.348. The summed E-state index contributed by atoms with van der Waals surface area (Å²) in [6.45, 7) is 0.369. The van der Waals surface area contributed by atoms with Crippen LogP contribution in [-0.2, 0) is 9.59 Å². The second-order valence-electron chi connectivity index (χ2n) is 2.67. The fraction of sp³-hybridized carbons (Fsp3) is 0.300. The third kappa shape index (κ3) is 10.3. The lowest BCUT2D eigenvalue weighted by Gasteiger charge is -2.03. The van der Waals surface area contributed by atoms with Crippen LogP contribution in [0.1, 0.15) is 0 Å². The normalized spacial score (nSPS) is 9.59. The molecule has 0 aliphatic heterocycles. The van der Waals surface area contributed by atoms with E-state index >= 15 is 0 Å². The number of thioether (sulfide) groups is 1. The number of nitrogens with one attached hydrogen (secondary N) is 2. The van der Waals surface area contributed by atoms with Crippen LogP contribution in [0.5, 0.6) is 0 Å². The Morgan fingerprint density at radius 2 is 2.06 bits per heavy atom. The maximum atomic E-state index is 11.1. The molecule has 0 radical (unpaired) electrons. The topological polar surface area (TPSA) is 95.5 Å². The van der Waals surface area contributed by atoms with Crippen molar-refractivity contribution >= 4 is 29.7 Å². The van der Waals surface area contributed by atoms with Gasteiger partial charge in [-0.25, -0.2) is 9.59 Å². The number of urea groups is 1. The van der Waals surface area contributed by atoms with Gasteiger partial charge in [0.2, 0.25) is 0 Å². The molecule has 0 aliphatic rings. The molecule has 0 spiro atoms. The molecule has 0 aromatic carbocycles. The van der Waals surface area contributed by atoms with Crippen molar-refractivity contribution in [1.29, 1.82) is 0 Å². The highest BCUT2D eigenvalue weighted by Crippen LogP contribution is 1.94. The van der Waals surface area contributed by atoms with Crippen LogP contribution in [0, 0.1) is 12.3 Å². The van der Waals surface area contributed by atoms with Crippen molar-refractivity contribution in [3.05, 3.63) is 12.2 Å². The zero-order valence-electron chi connectivity index (χ0n) is 8.93. The molecule has 0 aromatic heterocycles. The van der Waals surface area contributed by atoms with Crippen LogP contribution in [0.2, 0.25) is 0 Å². The predicted octanol–water partition coefficient (Wildman–Crippen LogP) is -0.181. The number of carboxylic acid groups (broad SMARTS) is 1. The standard InChI is InChI=1S/C10H12N2O4S/c1-2-6-17-7-5-11-10(16)12-8(13)3-4-9(14)15/h1,3-4H,5-7H2,(H,14,15)(H2,11,12,13,16)/b4-3+. The molecule has 92 valence electrons. The molecular formula is C10H12N2O4S. The lowest BCUT2D eigenvalue weighted by Crippen LogP contribution is -2.39. The number of rotatable bonds is 6. The van der Waals surface area contributed by atoms with Crippen molar-refractivity contribution in [3.63, 3.8) is 0 Å². The summed E-state index contributed by atoms with van der Waals surface area (Å²) in [7, 11) is 0. The van der Waals surface area contributed by atoms with E-state index in [0.29, 0.717) is 24.1 Å². The molecule has 6 nitrogen and oxygen atoms in total. The first-order valence-corrected chi connectivity index (χ1v) is 5.72. The minimum Gasteiger partial charge on any atom is -0.478 e. The van der Waals surface area contributed by atoms with Gasteiger partial charge < -0.3 is 10.4 Å². The first-order valence-electron chi connectivity index (χ1n) is 4.57. The van der Waals surface area contributed by atoms with Crippen molar-refractivity contribution in [2.45, 2.75) is 0 Å². The van der Waals surface area contributed by atoms with Crippen LogP contribution in [0.4, 0.5) is 4.79 Å². The van der Waals surface area contributed by atoms with E-state index in [9.17, 15) is 14.4 Å². The second kappa shape index (κ2) is 9.30. The number of aliphatic carboxylic acids is 1. The minimum atomic E-state index is -1.26. The summed E-state index contributed by atoms with van der Waals surface area (Å²) in [6.07, 6.45) is 6.43. The van der Waals surface area contributed by atoms with Crippen LogP contribution in [0.15, 0.2) is 12.2 Å². The Morgan fingerprint density at radius 1 is 1.35 bits per heavy atom. The number of hydrogen-bond acceptors (Lipinski definition) is 4. The molecule has 0 fully saturated rings. The smallest absolute Gasteiger partial charge is 0.328 e. The largest absolute Gasteiger partial charge is 0.478 e. The fourth-order valence-electron chi connectivity index (χ4n) is 0.713. The summed E-state index contributed by atoms with van der Waals surface area (Å²) in [5.74, 6) is 1.58. The molecule has 7 heteroatoms. The molecule has 17 heavy (non-hydrogen) atoms. The van der Waals surface area contributed by atoms with Crippen molar-refractivity contribution in [1.82, 2.24) is 10.6 Å². The number of imide groups is 1. The fourth-order valence-corrected chi connectivity index (χ4v) is 1.22. The van der Waals surface area contributed by atoms with Crippen molar-refractivity contribution in [2.24, 2.45) is 0 Å². The van der Waals surface area contributed by atoms with Crippen LogP contribution in [-0.4, -0.2) is 41.1 Å². The average Bonchev–Trinajstić information content (AvgIpc) is 2.26. The summed E-state index contributed by atoms with van der Waals surface area (Å²) in [4.78, 5) is 32.1. The van der Waals surface area contributed by atoms with Gasteiger partial charge in [-0.05, 0) is 0 Å². The predicted molar refractivity (Wildman–Crippen MR) is 64.5 cm³/mol. The summed E-state index contributed by atoms with van der Waals surface area (Å²) >= 11 is 1.47. The average molecular weight is 256 g/mol. The van der Waals surface area contributed by atoms with Gasteiger partial charge in [0.05, 0.1) is 5.75 Å². The molecule has 0 aromatic rings. The lowest BCUT2D eigenvalue weighted by molar-refractivity contribution is -0.131. The summed E-state index contributed by atoms with van der Waals surface area (Å²) in [5, 5.41) is 12.6. The van der Waals surface area contributed by atoms with E-state index in [4.69, 9.17) is 11.5 Å². The molecule has 0 heterocycles. The van der Waals surface area contributed by atoms with E-state index in [1.807, 2.05) is 5.32 Å². The van der Waals surface area contributed by atoms with Gasteiger partial charge in [-0.2, -0.15) is 0 Å².